The molecule has 4 heteroatoms. The van der Waals surface area contributed by atoms with Crippen LogP contribution in [0, 0.1) is 5.92 Å². The number of hydrogen-bond acceptors (Lipinski definition) is 2. The van der Waals surface area contributed by atoms with E-state index in [-0.39, 0.29) is 18.4 Å². The predicted molar refractivity (Wildman–Crippen MR) is 69.2 cm³/mol. The number of aliphatic carboxylic acids is 1. The molecule has 0 unspecified atom stereocenters. The molecule has 0 aliphatic rings. The molecule has 2 N–H and O–H groups in total. The second-order valence-electron chi connectivity index (χ2n) is 4.46. The van der Waals surface area contributed by atoms with E-state index in [1.54, 1.807) is 0 Å². The van der Waals surface area contributed by atoms with Crippen LogP contribution in [0.2, 0.25) is 5.02 Å². The molecule has 0 radical (unpaired) electrons. The van der Waals surface area contributed by atoms with Crippen LogP contribution in [0.3, 0.4) is 0 Å². The molecule has 1 aromatic carbocycles. The highest BCUT2D eigenvalue weighted by atomic mass is 35.5. The van der Waals surface area contributed by atoms with Crippen molar-refractivity contribution < 1.29 is 9.90 Å². The summed E-state index contributed by atoms with van der Waals surface area (Å²) in [5.74, 6) is -0.493. The molecule has 0 aliphatic carbocycles. The molecule has 0 spiro atoms. The Bertz CT molecular complexity index is 379. The van der Waals surface area contributed by atoms with Gasteiger partial charge in [0, 0.05) is 17.6 Å². The lowest BCUT2D eigenvalue weighted by Crippen LogP contribution is -2.35. The highest BCUT2D eigenvalue weighted by Crippen LogP contribution is 2.12. The van der Waals surface area contributed by atoms with Crippen LogP contribution in [0.15, 0.2) is 24.3 Å². The molecule has 0 fully saturated rings. The van der Waals surface area contributed by atoms with Gasteiger partial charge in [0.15, 0.2) is 0 Å². The fourth-order valence-electron chi connectivity index (χ4n) is 1.63. The normalized spacial score (nSPS) is 12.7. The summed E-state index contributed by atoms with van der Waals surface area (Å²) >= 11 is 5.89. The fourth-order valence-corrected chi connectivity index (χ4v) is 1.84. The molecule has 0 heterocycles. The summed E-state index contributed by atoms with van der Waals surface area (Å²) < 4.78 is 0. The van der Waals surface area contributed by atoms with Crippen molar-refractivity contribution in [2.75, 3.05) is 0 Å². The zero-order valence-electron chi connectivity index (χ0n) is 10.1. The number of carboxylic acids is 1. The molecule has 17 heavy (non-hydrogen) atoms. The van der Waals surface area contributed by atoms with Crippen molar-refractivity contribution in [1.82, 2.24) is 5.32 Å². The summed E-state index contributed by atoms with van der Waals surface area (Å²) in [6, 6.07) is 7.54. The minimum Gasteiger partial charge on any atom is -0.481 e. The number of carboxylic acid groups (broad SMARTS) is 1. The average molecular weight is 256 g/mol. The van der Waals surface area contributed by atoms with Gasteiger partial charge in [-0.15, -0.1) is 0 Å². The lowest BCUT2D eigenvalue weighted by atomic mass is 10.0. The van der Waals surface area contributed by atoms with Gasteiger partial charge in [-0.25, -0.2) is 0 Å². The van der Waals surface area contributed by atoms with Crippen LogP contribution >= 0.6 is 11.6 Å². The van der Waals surface area contributed by atoms with E-state index in [9.17, 15) is 4.79 Å². The van der Waals surface area contributed by atoms with Crippen LogP contribution in [-0.4, -0.2) is 17.1 Å². The van der Waals surface area contributed by atoms with Crippen LogP contribution in [0.4, 0.5) is 0 Å². The minimum atomic E-state index is -0.776. The summed E-state index contributed by atoms with van der Waals surface area (Å²) in [4.78, 5) is 10.7. The van der Waals surface area contributed by atoms with Gasteiger partial charge in [-0.1, -0.05) is 37.6 Å². The monoisotopic (exact) mass is 255 g/mol. The maximum absolute atomic E-state index is 10.7. The Balaban J connectivity index is 2.54. The van der Waals surface area contributed by atoms with E-state index in [4.69, 9.17) is 16.7 Å². The molecule has 94 valence electrons. The van der Waals surface area contributed by atoms with Crippen LogP contribution in [-0.2, 0) is 11.3 Å². The average Bonchev–Trinajstić information content (AvgIpc) is 2.23. The van der Waals surface area contributed by atoms with Crippen molar-refractivity contribution in [1.29, 1.82) is 0 Å². The zero-order chi connectivity index (χ0) is 12.8. The Labute approximate surface area is 107 Å². The second kappa shape index (κ2) is 6.62. The summed E-state index contributed by atoms with van der Waals surface area (Å²) in [6.07, 6.45) is 0.137. The molecular weight excluding hydrogens is 238 g/mol. The summed E-state index contributed by atoms with van der Waals surface area (Å²) in [6.45, 7) is 4.66. The molecule has 1 atom stereocenters. The van der Waals surface area contributed by atoms with Crippen molar-refractivity contribution in [2.24, 2.45) is 5.92 Å². The fraction of sp³-hybridized carbons (Fsp3) is 0.462. The molecule has 1 aromatic rings. The number of rotatable bonds is 6. The molecule has 1 rings (SSSR count). The smallest absolute Gasteiger partial charge is 0.304 e. The highest BCUT2D eigenvalue weighted by molar-refractivity contribution is 6.30. The SMILES string of the molecule is CC(C)[C@H](CC(=O)O)NCc1cccc(Cl)c1. The first-order chi connectivity index (χ1) is 7.99. The van der Waals surface area contributed by atoms with E-state index in [2.05, 4.69) is 5.32 Å². The van der Waals surface area contributed by atoms with Gasteiger partial charge < -0.3 is 10.4 Å². The van der Waals surface area contributed by atoms with Crippen molar-refractivity contribution in [3.63, 3.8) is 0 Å². The van der Waals surface area contributed by atoms with Crippen molar-refractivity contribution in [2.45, 2.75) is 32.9 Å². The Morgan fingerprint density at radius 1 is 1.47 bits per heavy atom. The van der Waals surface area contributed by atoms with Gasteiger partial charge in [-0.05, 0) is 23.6 Å². The molecule has 0 bridgehead atoms. The number of halogens is 1. The molecular formula is C13H18ClNO2. The third-order valence-electron chi connectivity index (χ3n) is 2.66. The summed E-state index contributed by atoms with van der Waals surface area (Å²) in [5.41, 5.74) is 1.06. The predicted octanol–water partition coefficient (Wildman–Crippen LogP) is 2.93. The van der Waals surface area contributed by atoms with Gasteiger partial charge in [-0.2, -0.15) is 0 Å². The number of benzene rings is 1. The maximum Gasteiger partial charge on any atom is 0.304 e. The molecule has 0 saturated heterocycles. The van der Waals surface area contributed by atoms with Crippen LogP contribution < -0.4 is 5.32 Å². The second-order valence-corrected chi connectivity index (χ2v) is 4.90. The van der Waals surface area contributed by atoms with Crippen LogP contribution in [0.1, 0.15) is 25.8 Å². The van der Waals surface area contributed by atoms with E-state index < -0.39 is 5.97 Å². The molecule has 0 amide bonds. The number of nitrogens with one attached hydrogen (secondary N) is 1. The quantitative estimate of drug-likeness (QED) is 0.822. The Morgan fingerprint density at radius 3 is 2.71 bits per heavy atom. The van der Waals surface area contributed by atoms with E-state index in [1.165, 1.54) is 0 Å². The van der Waals surface area contributed by atoms with E-state index in [0.29, 0.717) is 11.6 Å². The number of carbonyl (C=O) groups is 1. The maximum atomic E-state index is 10.7. The van der Waals surface area contributed by atoms with Crippen molar-refractivity contribution in [3.05, 3.63) is 34.9 Å². The van der Waals surface area contributed by atoms with Gasteiger partial charge in [0.05, 0.1) is 6.42 Å². The van der Waals surface area contributed by atoms with Crippen molar-refractivity contribution >= 4 is 17.6 Å². The lowest BCUT2D eigenvalue weighted by molar-refractivity contribution is -0.137. The van der Waals surface area contributed by atoms with Gasteiger partial charge in [0.2, 0.25) is 0 Å². The van der Waals surface area contributed by atoms with E-state index in [0.717, 1.165) is 5.56 Å². The first-order valence-corrected chi connectivity index (χ1v) is 6.06. The largest absolute Gasteiger partial charge is 0.481 e. The molecule has 0 aliphatic heterocycles. The first-order valence-electron chi connectivity index (χ1n) is 5.68. The van der Waals surface area contributed by atoms with E-state index >= 15 is 0 Å². The topological polar surface area (TPSA) is 49.3 Å². The molecule has 0 saturated carbocycles. The first kappa shape index (κ1) is 14.0. The standard InChI is InChI=1S/C13H18ClNO2/c1-9(2)12(7-13(16)17)15-8-10-4-3-5-11(14)6-10/h3-6,9,12,15H,7-8H2,1-2H3,(H,16,17)/t12-/m0/s1. The van der Waals surface area contributed by atoms with Gasteiger partial charge in [0.25, 0.3) is 0 Å². The Morgan fingerprint density at radius 2 is 2.18 bits per heavy atom. The summed E-state index contributed by atoms with van der Waals surface area (Å²) in [7, 11) is 0. The van der Waals surface area contributed by atoms with Gasteiger partial charge >= 0.3 is 5.97 Å². The third kappa shape index (κ3) is 5.20. The van der Waals surface area contributed by atoms with E-state index in [1.807, 2.05) is 38.1 Å². The van der Waals surface area contributed by atoms with Crippen LogP contribution in [0.25, 0.3) is 0 Å². The van der Waals surface area contributed by atoms with Crippen molar-refractivity contribution in [3.8, 4) is 0 Å². The Hall–Kier alpha value is -1.06. The third-order valence-corrected chi connectivity index (χ3v) is 2.89. The number of hydrogen-bond donors (Lipinski definition) is 2. The summed E-state index contributed by atoms with van der Waals surface area (Å²) in [5, 5.41) is 12.8. The minimum absolute atomic E-state index is 0.0218. The highest BCUT2D eigenvalue weighted by Gasteiger charge is 2.16. The van der Waals surface area contributed by atoms with Crippen LogP contribution in [0.5, 0.6) is 0 Å². The van der Waals surface area contributed by atoms with Gasteiger partial charge in [-0.3, -0.25) is 4.79 Å². The van der Waals surface area contributed by atoms with Gasteiger partial charge in [0.1, 0.15) is 0 Å². The zero-order valence-corrected chi connectivity index (χ0v) is 10.9. The lowest BCUT2D eigenvalue weighted by Gasteiger charge is -2.20. The molecule has 0 aromatic heterocycles. The Kier molecular flexibility index (Phi) is 5.45. The molecule has 3 nitrogen and oxygen atoms in total.